The van der Waals surface area contributed by atoms with E-state index in [4.69, 9.17) is 26.8 Å². The van der Waals surface area contributed by atoms with Gasteiger partial charge < -0.3 is 20.3 Å². The van der Waals surface area contributed by atoms with Crippen LogP contribution in [-0.2, 0) is 31.1 Å². The molecule has 214 valence electrons. The SMILES string of the molecule is Cc1cccc(COc2ccccc2CN(CC[C@H](N)C(=O)O)Cc2cnc(Cl)cc2OCc2cccc(C)c2)c1. The number of carboxylic acids is 1. The van der Waals surface area contributed by atoms with Crippen LogP contribution in [0.4, 0.5) is 0 Å². The Hall–Kier alpha value is -3.91. The number of nitrogens with zero attached hydrogens (tertiary/aromatic N) is 2. The largest absolute Gasteiger partial charge is 0.489 e. The van der Waals surface area contributed by atoms with E-state index in [9.17, 15) is 9.90 Å². The third kappa shape index (κ3) is 9.32. The van der Waals surface area contributed by atoms with Crippen LogP contribution >= 0.6 is 11.6 Å². The average molecular weight is 574 g/mol. The van der Waals surface area contributed by atoms with Crippen LogP contribution in [0.3, 0.4) is 0 Å². The van der Waals surface area contributed by atoms with E-state index in [1.54, 1.807) is 12.3 Å². The quantitative estimate of drug-likeness (QED) is 0.170. The molecule has 1 aromatic heterocycles. The summed E-state index contributed by atoms with van der Waals surface area (Å²) in [6.07, 6.45) is 1.99. The second-order valence-electron chi connectivity index (χ2n) is 10.2. The number of aromatic nitrogens is 1. The van der Waals surface area contributed by atoms with Gasteiger partial charge in [-0.15, -0.1) is 0 Å². The molecule has 0 amide bonds. The average Bonchev–Trinajstić information content (AvgIpc) is 2.95. The summed E-state index contributed by atoms with van der Waals surface area (Å²) in [6, 6.07) is 25.0. The summed E-state index contributed by atoms with van der Waals surface area (Å²) in [4.78, 5) is 17.9. The Labute approximate surface area is 246 Å². The zero-order chi connectivity index (χ0) is 29.2. The highest BCUT2D eigenvalue weighted by atomic mass is 35.5. The number of para-hydroxylation sites is 1. The number of carboxylic acid groups (broad SMARTS) is 1. The molecular weight excluding hydrogens is 538 g/mol. The fraction of sp³-hybridized carbons (Fsp3) is 0.273. The number of ether oxygens (including phenoxy) is 2. The summed E-state index contributed by atoms with van der Waals surface area (Å²) in [7, 11) is 0. The Morgan fingerprint density at radius 2 is 1.49 bits per heavy atom. The summed E-state index contributed by atoms with van der Waals surface area (Å²) < 4.78 is 12.4. The first-order valence-corrected chi connectivity index (χ1v) is 13.9. The fourth-order valence-corrected chi connectivity index (χ4v) is 4.68. The lowest BCUT2D eigenvalue weighted by molar-refractivity contribution is -0.138. The number of benzene rings is 3. The zero-order valence-electron chi connectivity index (χ0n) is 23.4. The van der Waals surface area contributed by atoms with E-state index < -0.39 is 12.0 Å². The van der Waals surface area contributed by atoms with Crippen molar-refractivity contribution in [3.8, 4) is 11.5 Å². The molecule has 4 aromatic rings. The molecule has 0 spiro atoms. The van der Waals surface area contributed by atoms with Gasteiger partial charge in [0.25, 0.3) is 0 Å². The molecule has 1 heterocycles. The molecule has 0 saturated carbocycles. The van der Waals surface area contributed by atoms with E-state index in [2.05, 4.69) is 35.0 Å². The number of pyridine rings is 1. The number of hydrogen-bond acceptors (Lipinski definition) is 6. The molecule has 1 atom stereocenters. The van der Waals surface area contributed by atoms with Crippen LogP contribution in [0.5, 0.6) is 11.5 Å². The second kappa shape index (κ2) is 14.6. The predicted octanol–water partition coefficient (Wildman–Crippen LogP) is 6.31. The number of nitrogens with two attached hydrogens (primary N) is 1. The van der Waals surface area contributed by atoms with Crippen molar-refractivity contribution in [2.75, 3.05) is 6.54 Å². The molecule has 0 radical (unpaired) electrons. The van der Waals surface area contributed by atoms with Gasteiger partial charge in [-0.05, 0) is 37.5 Å². The molecule has 0 aliphatic heterocycles. The lowest BCUT2D eigenvalue weighted by Gasteiger charge is -2.25. The Morgan fingerprint density at radius 3 is 2.12 bits per heavy atom. The van der Waals surface area contributed by atoms with Gasteiger partial charge in [0.05, 0.1) is 0 Å². The van der Waals surface area contributed by atoms with Gasteiger partial charge >= 0.3 is 5.97 Å². The molecule has 8 heteroatoms. The van der Waals surface area contributed by atoms with Crippen LogP contribution in [-0.4, -0.2) is 33.5 Å². The fourth-order valence-electron chi connectivity index (χ4n) is 4.54. The monoisotopic (exact) mass is 573 g/mol. The predicted molar refractivity (Wildman–Crippen MR) is 161 cm³/mol. The highest BCUT2D eigenvalue weighted by Gasteiger charge is 2.18. The summed E-state index contributed by atoms with van der Waals surface area (Å²) in [5.41, 5.74) is 12.2. The maximum atomic E-state index is 11.5. The van der Waals surface area contributed by atoms with Crippen LogP contribution < -0.4 is 15.2 Å². The summed E-state index contributed by atoms with van der Waals surface area (Å²) in [6.45, 7) is 6.33. The highest BCUT2D eigenvalue weighted by molar-refractivity contribution is 6.29. The van der Waals surface area contributed by atoms with Crippen LogP contribution in [0, 0.1) is 13.8 Å². The number of aryl methyl sites for hydroxylation is 2. The summed E-state index contributed by atoms with van der Waals surface area (Å²) in [5, 5.41) is 9.72. The topological polar surface area (TPSA) is 97.9 Å². The second-order valence-corrected chi connectivity index (χ2v) is 10.6. The summed E-state index contributed by atoms with van der Waals surface area (Å²) >= 11 is 6.24. The summed E-state index contributed by atoms with van der Waals surface area (Å²) in [5.74, 6) is 0.372. The third-order valence-electron chi connectivity index (χ3n) is 6.70. The molecule has 0 aliphatic carbocycles. The normalized spacial score (nSPS) is 11.8. The lowest BCUT2D eigenvalue weighted by Crippen LogP contribution is -2.35. The Kier molecular flexibility index (Phi) is 10.7. The van der Waals surface area contributed by atoms with Gasteiger partial charge in [0, 0.05) is 43.0 Å². The highest BCUT2D eigenvalue weighted by Crippen LogP contribution is 2.27. The molecule has 41 heavy (non-hydrogen) atoms. The number of aliphatic carboxylic acids is 1. The van der Waals surface area contributed by atoms with E-state index in [-0.39, 0.29) is 6.42 Å². The molecular formula is C33H36ClN3O4. The van der Waals surface area contributed by atoms with Gasteiger partial charge in [0.2, 0.25) is 0 Å². The lowest BCUT2D eigenvalue weighted by atomic mass is 10.1. The van der Waals surface area contributed by atoms with Crippen molar-refractivity contribution in [1.82, 2.24) is 9.88 Å². The van der Waals surface area contributed by atoms with Crippen molar-refractivity contribution >= 4 is 17.6 Å². The van der Waals surface area contributed by atoms with E-state index in [1.807, 2.05) is 61.5 Å². The van der Waals surface area contributed by atoms with Crippen molar-refractivity contribution in [2.45, 2.75) is 52.6 Å². The first-order chi connectivity index (χ1) is 19.8. The van der Waals surface area contributed by atoms with Gasteiger partial charge in [-0.25, -0.2) is 4.98 Å². The molecule has 4 rings (SSSR count). The van der Waals surface area contributed by atoms with Crippen LogP contribution in [0.25, 0.3) is 0 Å². The molecule has 0 bridgehead atoms. The Morgan fingerprint density at radius 1 is 0.878 bits per heavy atom. The zero-order valence-corrected chi connectivity index (χ0v) is 24.2. The van der Waals surface area contributed by atoms with Gasteiger partial charge in [-0.3, -0.25) is 9.69 Å². The van der Waals surface area contributed by atoms with Gasteiger partial charge in [0.15, 0.2) is 0 Å². The molecule has 3 aromatic carbocycles. The first kappa shape index (κ1) is 30.1. The number of halogens is 1. The van der Waals surface area contributed by atoms with E-state index in [1.165, 1.54) is 5.56 Å². The maximum Gasteiger partial charge on any atom is 0.320 e. The number of carbonyl (C=O) groups is 1. The molecule has 3 N–H and O–H groups in total. The van der Waals surface area contributed by atoms with Gasteiger partial charge in [-0.2, -0.15) is 0 Å². The minimum absolute atomic E-state index is 0.280. The van der Waals surface area contributed by atoms with Crippen LogP contribution in [0.15, 0.2) is 85.1 Å². The maximum absolute atomic E-state index is 11.5. The van der Waals surface area contributed by atoms with Crippen molar-refractivity contribution < 1.29 is 19.4 Å². The molecule has 0 unspecified atom stereocenters. The minimum atomic E-state index is -1.03. The first-order valence-electron chi connectivity index (χ1n) is 13.6. The van der Waals surface area contributed by atoms with Gasteiger partial charge in [-0.1, -0.05) is 89.5 Å². The number of hydrogen-bond donors (Lipinski definition) is 2. The van der Waals surface area contributed by atoms with Crippen molar-refractivity contribution in [3.63, 3.8) is 0 Å². The smallest absolute Gasteiger partial charge is 0.320 e. The van der Waals surface area contributed by atoms with Crippen LogP contribution in [0.2, 0.25) is 5.15 Å². The molecule has 7 nitrogen and oxygen atoms in total. The van der Waals surface area contributed by atoms with Crippen molar-refractivity contribution in [3.05, 3.63) is 124 Å². The van der Waals surface area contributed by atoms with E-state index in [0.29, 0.717) is 43.8 Å². The molecule has 0 fully saturated rings. The number of rotatable bonds is 14. The van der Waals surface area contributed by atoms with Crippen molar-refractivity contribution in [2.24, 2.45) is 5.73 Å². The Balaban J connectivity index is 1.54. The standard InChI is InChI=1S/C33H36ClN3O4/c1-23-7-5-9-25(15-23)21-40-30-12-4-3-11-27(30)19-37(14-13-29(35)33(38)39)20-28-18-36-32(34)17-31(28)41-22-26-10-6-8-24(2)16-26/h3-12,15-18,29H,13-14,19-22,35H2,1-2H3,(H,38,39)/t29-/m0/s1. The van der Waals surface area contributed by atoms with Crippen LogP contribution in [0.1, 0.15) is 39.8 Å². The van der Waals surface area contributed by atoms with E-state index >= 15 is 0 Å². The molecule has 0 saturated heterocycles. The van der Waals surface area contributed by atoms with Crippen molar-refractivity contribution in [1.29, 1.82) is 0 Å². The minimum Gasteiger partial charge on any atom is -0.489 e. The third-order valence-corrected chi connectivity index (χ3v) is 6.90. The van der Waals surface area contributed by atoms with E-state index in [0.717, 1.165) is 33.6 Å². The Bertz CT molecular complexity index is 1460. The van der Waals surface area contributed by atoms with Gasteiger partial charge in [0.1, 0.15) is 35.9 Å². The molecule has 0 aliphatic rings.